The first-order chi connectivity index (χ1) is 14.7. The molecule has 160 valence electrons. The molecule has 1 atom stereocenters. The second kappa shape index (κ2) is 10.2. The lowest BCUT2D eigenvalue weighted by molar-refractivity contribution is -0.135. The van der Waals surface area contributed by atoms with E-state index in [9.17, 15) is 4.79 Å². The Morgan fingerprint density at radius 3 is 2.73 bits per heavy atom. The molecule has 1 amide bonds. The molecule has 0 saturated carbocycles. The minimum absolute atomic E-state index is 0.307. The summed E-state index contributed by atoms with van der Waals surface area (Å²) < 4.78 is 5.36. The van der Waals surface area contributed by atoms with Crippen molar-refractivity contribution >= 4 is 5.91 Å². The molecule has 2 fully saturated rings. The van der Waals surface area contributed by atoms with Crippen LogP contribution in [0.2, 0.25) is 0 Å². The van der Waals surface area contributed by atoms with Crippen LogP contribution < -0.4 is 0 Å². The van der Waals surface area contributed by atoms with Gasteiger partial charge in [-0.2, -0.15) is 0 Å². The SMILES string of the molecule is Cc1ccccc1-c1cccc(CN2CCC[C@H](CCC(=O)N3CCOCC3)C2)c1. The van der Waals surface area contributed by atoms with Gasteiger partial charge in [-0.15, -0.1) is 0 Å². The quantitative estimate of drug-likeness (QED) is 0.707. The van der Waals surface area contributed by atoms with Crippen LogP contribution in [0.1, 0.15) is 36.8 Å². The van der Waals surface area contributed by atoms with Crippen molar-refractivity contribution in [2.75, 3.05) is 39.4 Å². The van der Waals surface area contributed by atoms with Gasteiger partial charge in [0.2, 0.25) is 5.91 Å². The molecule has 0 N–H and O–H groups in total. The number of carbonyl (C=O) groups excluding carboxylic acids is 1. The van der Waals surface area contributed by atoms with Crippen molar-refractivity contribution in [2.24, 2.45) is 5.92 Å². The van der Waals surface area contributed by atoms with Crippen LogP contribution in [-0.2, 0) is 16.1 Å². The van der Waals surface area contributed by atoms with E-state index in [0.29, 0.717) is 31.5 Å². The van der Waals surface area contributed by atoms with E-state index >= 15 is 0 Å². The molecule has 2 heterocycles. The van der Waals surface area contributed by atoms with E-state index < -0.39 is 0 Å². The number of piperidine rings is 1. The summed E-state index contributed by atoms with van der Waals surface area (Å²) in [4.78, 5) is 17.0. The topological polar surface area (TPSA) is 32.8 Å². The van der Waals surface area contributed by atoms with Crippen molar-refractivity contribution in [3.63, 3.8) is 0 Å². The molecule has 4 nitrogen and oxygen atoms in total. The number of morpholine rings is 1. The predicted molar refractivity (Wildman–Crippen MR) is 121 cm³/mol. The number of ether oxygens (including phenoxy) is 1. The molecular weight excluding hydrogens is 372 g/mol. The number of amides is 1. The van der Waals surface area contributed by atoms with Gasteiger partial charge in [-0.05, 0) is 67.0 Å². The van der Waals surface area contributed by atoms with E-state index in [1.54, 1.807) is 0 Å². The fraction of sp³-hybridized carbons (Fsp3) is 0.500. The summed E-state index contributed by atoms with van der Waals surface area (Å²) in [6.07, 6.45) is 4.17. The third kappa shape index (κ3) is 5.50. The molecule has 0 bridgehead atoms. The minimum Gasteiger partial charge on any atom is -0.378 e. The summed E-state index contributed by atoms with van der Waals surface area (Å²) in [5.74, 6) is 0.935. The Morgan fingerprint density at radius 1 is 1.07 bits per heavy atom. The summed E-state index contributed by atoms with van der Waals surface area (Å²) in [5.41, 5.74) is 5.31. The summed E-state index contributed by atoms with van der Waals surface area (Å²) in [7, 11) is 0. The van der Waals surface area contributed by atoms with Crippen LogP contribution in [0.4, 0.5) is 0 Å². The Hall–Kier alpha value is -2.17. The lowest BCUT2D eigenvalue weighted by Crippen LogP contribution is -2.41. The third-order valence-corrected chi connectivity index (χ3v) is 6.52. The number of likely N-dealkylation sites (tertiary alicyclic amines) is 1. The van der Waals surface area contributed by atoms with Gasteiger partial charge >= 0.3 is 0 Å². The van der Waals surface area contributed by atoms with Crippen LogP contribution in [0.5, 0.6) is 0 Å². The number of rotatable bonds is 6. The van der Waals surface area contributed by atoms with Crippen LogP contribution in [-0.4, -0.2) is 55.1 Å². The Balaban J connectivity index is 1.31. The first kappa shape index (κ1) is 21.1. The van der Waals surface area contributed by atoms with E-state index in [1.807, 2.05) is 4.90 Å². The van der Waals surface area contributed by atoms with Gasteiger partial charge in [0.1, 0.15) is 0 Å². The van der Waals surface area contributed by atoms with Gasteiger partial charge in [-0.25, -0.2) is 0 Å². The maximum absolute atomic E-state index is 12.5. The van der Waals surface area contributed by atoms with E-state index in [2.05, 4.69) is 60.4 Å². The molecule has 4 heteroatoms. The van der Waals surface area contributed by atoms with Crippen molar-refractivity contribution in [1.82, 2.24) is 9.80 Å². The molecule has 0 aliphatic carbocycles. The highest BCUT2D eigenvalue weighted by Gasteiger charge is 2.23. The number of hydrogen-bond acceptors (Lipinski definition) is 3. The van der Waals surface area contributed by atoms with Crippen LogP contribution >= 0.6 is 0 Å². The zero-order valence-corrected chi connectivity index (χ0v) is 18.2. The molecule has 2 aliphatic rings. The Bertz CT molecular complexity index is 844. The van der Waals surface area contributed by atoms with Crippen molar-refractivity contribution < 1.29 is 9.53 Å². The van der Waals surface area contributed by atoms with Gasteiger partial charge in [0.05, 0.1) is 13.2 Å². The second-order valence-electron chi connectivity index (χ2n) is 8.79. The molecule has 0 aromatic heterocycles. The van der Waals surface area contributed by atoms with Crippen LogP contribution in [0, 0.1) is 12.8 Å². The predicted octanol–water partition coefficient (Wildman–Crippen LogP) is 4.51. The summed E-state index contributed by atoms with van der Waals surface area (Å²) >= 11 is 0. The normalized spacial score (nSPS) is 20.3. The largest absolute Gasteiger partial charge is 0.378 e. The van der Waals surface area contributed by atoms with Crippen LogP contribution in [0.3, 0.4) is 0 Å². The zero-order chi connectivity index (χ0) is 20.8. The highest BCUT2D eigenvalue weighted by Crippen LogP contribution is 2.26. The van der Waals surface area contributed by atoms with Crippen LogP contribution in [0.15, 0.2) is 48.5 Å². The Morgan fingerprint density at radius 2 is 1.90 bits per heavy atom. The minimum atomic E-state index is 0.307. The van der Waals surface area contributed by atoms with Crippen molar-refractivity contribution in [2.45, 2.75) is 39.2 Å². The van der Waals surface area contributed by atoms with E-state index in [4.69, 9.17) is 4.74 Å². The van der Waals surface area contributed by atoms with Gasteiger partial charge in [0.15, 0.2) is 0 Å². The average Bonchev–Trinajstić information content (AvgIpc) is 2.79. The number of hydrogen-bond donors (Lipinski definition) is 0. The van der Waals surface area contributed by atoms with E-state index in [-0.39, 0.29) is 0 Å². The molecule has 0 radical (unpaired) electrons. The first-order valence-electron chi connectivity index (χ1n) is 11.4. The number of carbonyl (C=O) groups is 1. The Kier molecular flexibility index (Phi) is 7.19. The molecule has 2 aromatic rings. The van der Waals surface area contributed by atoms with Crippen LogP contribution in [0.25, 0.3) is 11.1 Å². The van der Waals surface area contributed by atoms with Crippen molar-refractivity contribution in [3.8, 4) is 11.1 Å². The van der Waals surface area contributed by atoms with Crippen molar-refractivity contribution in [3.05, 3.63) is 59.7 Å². The zero-order valence-electron chi connectivity index (χ0n) is 18.2. The van der Waals surface area contributed by atoms with Gasteiger partial charge in [0, 0.05) is 32.6 Å². The lowest BCUT2D eigenvalue weighted by atomic mass is 9.92. The third-order valence-electron chi connectivity index (χ3n) is 6.52. The molecule has 4 rings (SSSR count). The number of aryl methyl sites for hydroxylation is 1. The highest BCUT2D eigenvalue weighted by molar-refractivity contribution is 5.76. The van der Waals surface area contributed by atoms with E-state index in [1.165, 1.54) is 35.1 Å². The summed E-state index contributed by atoms with van der Waals surface area (Å²) in [6.45, 7) is 8.31. The average molecular weight is 407 g/mol. The number of benzene rings is 2. The molecule has 2 aliphatic heterocycles. The van der Waals surface area contributed by atoms with Gasteiger partial charge in [0.25, 0.3) is 0 Å². The molecule has 0 unspecified atom stereocenters. The smallest absolute Gasteiger partial charge is 0.222 e. The van der Waals surface area contributed by atoms with Gasteiger partial charge in [-0.1, -0.05) is 42.5 Å². The van der Waals surface area contributed by atoms with E-state index in [0.717, 1.165) is 39.1 Å². The summed E-state index contributed by atoms with van der Waals surface area (Å²) in [6, 6.07) is 17.6. The summed E-state index contributed by atoms with van der Waals surface area (Å²) in [5, 5.41) is 0. The molecule has 30 heavy (non-hydrogen) atoms. The first-order valence-corrected chi connectivity index (χ1v) is 11.4. The molecule has 2 saturated heterocycles. The molecule has 0 spiro atoms. The lowest BCUT2D eigenvalue weighted by Gasteiger charge is -2.33. The molecule has 2 aromatic carbocycles. The maximum atomic E-state index is 12.5. The second-order valence-corrected chi connectivity index (χ2v) is 8.79. The maximum Gasteiger partial charge on any atom is 0.222 e. The van der Waals surface area contributed by atoms with Gasteiger partial charge in [-0.3, -0.25) is 9.69 Å². The molecular formula is C26H34N2O2. The standard InChI is InChI=1S/C26H34N2O2/c1-21-6-2-3-10-25(21)24-9-4-7-23(18-24)20-27-13-5-8-22(19-27)11-12-26(29)28-14-16-30-17-15-28/h2-4,6-7,9-10,18,22H,5,8,11-17,19-20H2,1H3/t22-/m1/s1. The van der Waals surface area contributed by atoms with Crippen molar-refractivity contribution in [1.29, 1.82) is 0 Å². The number of nitrogens with zero attached hydrogens (tertiary/aromatic N) is 2. The fourth-order valence-corrected chi connectivity index (χ4v) is 4.82. The fourth-order valence-electron chi connectivity index (χ4n) is 4.82. The monoisotopic (exact) mass is 406 g/mol. The van der Waals surface area contributed by atoms with Gasteiger partial charge < -0.3 is 9.64 Å². The highest BCUT2D eigenvalue weighted by atomic mass is 16.5. The Labute approximate surface area is 180 Å².